The average Bonchev–Trinajstić information content (AvgIpc) is 2.86. The van der Waals surface area contributed by atoms with E-state index in [1.807, 2.05) is 6.07 Å². The Morgan fingerprint density at radius 1 is 1.17 bits per heavy atom. The van der Waals surface area contributed by atoms with Gasteiger partial charge in [0.2, 0.25) is 5.88 Å². The summed E-state index contributed by atoms with van der Waals surface area (Å²) in [5, 5.41) is 7.74. The lowest BCUT2D eigenvalue weighted by Crippen LogP contribution is -2.49. The molecular formula is C25H37ClN6O3. The van der Waals surface area contributed by atoms with Crippen LogP contribution in [-0.2, 0) is 9.47 Å². The predicted molar refractivity (Wildman–Crippen MR) is 137 cm³/mol. The molecule has 2 aliphatic rings. The van der Waals surface area contributed by atoms with Crippen molar-refractivity contribution in [1.29, 1.82) is 0 Å². The Hall–Kier alpha value is -2.04. The minimum Gasteiger partial charge on any atom is -0.475 e. The van der Waals surface area contributed by atoms with E-state index in [-0.39, 0.29) is 0 Å². The first-order valence-corrected chi connectivity index (χ1v) is 12.8. The highest BCUT2D eigenvalue weighted by atomic mass is 35.5. The monoisotopic (exact) mass is 504 g/mol. The van der Waals surface area contributed by atoms with Crippen molar-refractivity contribution in [3.63, 3.8) is 0 Å². The maximum Gasteiger partial charge on any atom is 0.232 e. The van der Waals surface area contributed by atoms with Gasteiger partial charge in [-0.25, -0.2) is 9.97 Å². The number of aromatic nitrogens is 3. The number of nitrogens with two attached hydrogens (primary N) is 1. The first-order valence-electron chi connectivity index (χ1n) is 12.4. The van der Waals surface area contributed by atoms with Crippen LogP contribution in [-0.4, -0.2) is 72.2 Å². The zero-order valence-electron chi connectivity index (χ0n) is 20.6. The molecule has 2 fully saturated rings. The summed E-state index contributed by atoms with van der Waals surface area (Å²) in [7, 11) is 1.74. The van der Waals surface area contributed by atoms with Crippen LogP contribution >= 0.6 is 11.6 Å². The zero-order chi connectivity index (χ0) is 24.7. The maximum atomic E-state index is 6.49. The number of methoxy groups -OCH3 is 1. The average molecular weight is 505 g/mol. The largest absolute Gasteiger partial charge is 0.475 e. The van der Waals surface area contributed by atoms with E-state index in [4.69, 9.17) is 31.5 Å². The number of halogens is 1. The van der Waals surface area contributed by atoms with Crippen molar-refractivity contribution in [2.75, 3.05) is 38.9 Å². The molecule has 0 bridgehead atoms. The van der Waals surface area contributed by atoms with Crippen molar-refractivity contribution in [2.45, 2.75) is 69.1 Å². The fourth-order valence-corrected chi connectivity index (χ4v) is 4.92. The highest BCUT2D eigenvalue weighted by Gasteiger charge is 2.29. The van der Waals surface area contributed by atoms with Gasteiger partial charge in [-0.2, -0.15) is 0 Å². The van der Waals surface area contributed by atoms with Gasteiger partial charge in [-0.1, -0.05) is 11.6 Å². The molecule has 1 saturated carbocycles. The zero-order valence-corrected chi connectivity index (χ0v) is 21.4. The van der Waals surface area contributed by atoms with Crippen molar-refractivity contribution < 1.29 is 14.2 Å². The van der Waals surface area contributed by atoms with E-state index in [1.54, 1.807) is 25.7 Å². The lowest BCUT2D eigenvalue weighted by atomic mass is 9.90. The minimum atomic E-state index is -0.405. The molecule has 0 amide bonds. The van der Waals surface area contributed by atoms with Crippen molar-refractivity contribution in [3.8, 4) is 17.1 Å². The third-order valence-corrected chi connectivity index (χ3v) is 7.06. The van der Waals surface area contributed by atoms with Gasteiger partial charge in [0.25, 0.3) is 0 Å². The smallest absolute Gasteiger partial charge is 0.232 e. The fraction of sp³-hybridized carbons (Fsp3) is 0.640. The van der Waals surface area contributed by atoms with E-state index in [1.165, 1.54) is 0 Å². The molecule has 3 heterocycles. The van der Waals surface area contributed by atoms with Gasteiger partial charge in [0.15, 0.2) is 0 Å². The molecule has 2 aromatic rings. The number of ether oxygens (including phenoxy) is 3. The molecule has 4 N–H and O–H groups in total. The Kier molecular flexibility index (Phi) is 9.13. The van der Waals surface area contributed by atoms with Gasteiger partial charge in [-0.3, -0.25) is 4.98 Å². The molecule has 0 unspecified atom stereocenters. The standard InChI is InChI=1S/C25H37ClN6O3/c1-17(15-33-2)30-18-3-5-19(6-4-18)31-23-11-20(21(26)12-29-23)22-13-28-14-24(32-22)35-16-25(27)7-9-34-10-8-25/h11-14,17-19,30H,3-10,15-16,27H2,1-2H3,(H,29,31)/t17-,18-,19-/m1/s1. The van der Waals surface area contributed by atoms with Gasteiger partial charge in [0.1, 0.15) is 12.4 Å². The first kappa shape index (κ1) is 26.0. The lowest BCUT2D eigenvalue weighted by molar-refractivity contribution is 0.0335. The molecule has 9 nitrogen and oxygen atoms in total. The number of pyridine rings is 1. The van der Waals surface area contributed by atoms with E-state index in [2.05, 4.69) is 32.5 Å². The van der Waals surface area contributed by atoms with E-state index in [0.29, 0.717) is 54.5 Å². The SMILES string of the molecule is COC[C@@H](C)N[C@H]1CC[C@H](Nc2cc(-c3cncc(OCC4(N)CCOCC4)n3)c(Cl)cn2)CC1. The van der Waals surface area contributed by atoms with Crippen LogP contribution in [0.2, 0.25) is 5.02 Å². The molecule has 1 atom stereocenters. The Morgan fingerprint density at radius 2 is 1.91 bits per heavy atom. The van der Waals surface area contributed by atoms with Gasteiger partial charge in [-0.15, -0.1) is 0 Å². The number of anilines is 1. The molecule has 0 radical (unpaired) electrons. The highest BCUT2D eigenvalue weighted by molar-refractivity contribution is 6.33. The van der Waals surface area contributed by atoms with E-state index in [9.17, 15) is 0 Å². The molecule has 10 heteroatoms. The van der Waals surface area contributed by atoms with Gasteiger partial charge >= 0.3 is 0 Å². The minimum absolute atomic E-state index is 0.364. The molecule has 192 valence electrons. The molecule has 4 rings (SSSR count). The summed E-state index contributed by atoms with van der Waals surface area (Å²) in [6.07, 6.45) is 10.8. The van der Waals surface area contributed by atoms with Crippen molar-refractivity contribution >= 4 is 17.4 Å². The second kappa shape index (κ2) is 12.3. The van der Waals surface area contributed by atoms with Gasteiger partial charge in [-0.05, 0) is 51.5 Å². The van der Waals surface area contributed by atoms with Crippen LogP contribution in [0.15, 0.2) is 24.7 Å². The van der Waals surface area contributed by atoms with Gasteiger partial charge in [0, 0.05) is 50.2 Å². The molecular weight excluding hydrogens is 468 g/mol. The number of nitrogens with one attached hydrogen (secondary N) is 2. The van der Waals surface area contributed by atoms with Crippen LogP contribution in [0.5, 0.6) is 5.88 Å². The van der Waals surface area contributed by atoms with Crippen LogP contribution in [0, 0.1) is 0 Å². The number of rotatable bonds is 10. The Labute approximate surface area is 212 Å². The molecule has 1 saturated heterocycles. The summed E-state index contributed by atoms with van der Waals surface area (Å²) in [6, 6.07) is 3.19. The summed E-state index contributed by atoms with van der Waals surface area (Å²) in [5.41, 5.74) is 7.43. The second-order valence-corrected chi connectivity index (χ2v) is 10.2. The third kappa shape index (κ3) is 7.47. The Morgan fingerprint density at radius 3 is 2.66 bits per heavy atom. The molecule has 1 aliphatic heterocycles. The third-order valence-electron chi connectivity index (χ3n) is 6.76. The second-order valence-electron chi connectivity index (χ2n) is 9.77. The predicted octanol–water partition coefficient (Wildman–Crippen LogP) is 3.43. The highest BCUT2D eigenvalue weighted by Crippen LogP contribution is 2.30. The van der Waals surface area contributed by atoms with Gasteiger partial charge < -0.3 is 30.6 Å². The quantitative estimate of drug-likeness (QED) is 0.447. The molecule has 0 spiro atoms. The summed E-state index contributed by atoms with van der Waals surface area (Å²) < 4.78 is 16.6. The van der Waals surface area contributed by atoms with E-state index >= 15 is 0 Å². The summed E-state index contributed by atoms with van der Waals surface area (Å²) in [6.45, 7) is 4.56. The number of hydrogen-bond acceptors (Lipinski definition) is 9. The Bertz CT molecular complexity index is 951. The normalized spacial score (nSPS) is 23.0. The van der Waals surface area contributed by atoms with Crippen LogP contribution in [0.3, 0.4) is 0 Å². The number of nitrogens with zero attached hydrogens (tertiary/aromatic N) is 3. The van der Waals surface area contributed by atoms with Gasteiger partial charge in [0.05, 0.1) is 35.3 Å². The van der Waals surface area contributed by atoms with Crippen LogP contribution in [0.25, 0.3) is 11.3 Å². The summed E-state index contributed by atoms with van der Waals surface area (Å²) in [4.78, 5) is 13.4. The molecule has 2 aromatic heterocycles. The fourth-order valence-electron chi connectivity index (χ4n) is 4.72. The van der Waals surface area contributed by atoms with E-state index in [0.717, 1.165) is 56.5 Å². The topological polar surface area (TPSA) is 116 Å². The van der Waals surface area contributed by atoms with E-state index < -0.39 is 5.54 Å². The lowest BCUT2D eigenvalue weighted by Gasteiger charge is -2.32. The number of hydrogen-bond donors (Lipinski definition) is 3. The first-order chi connectivity index (χ1) is 16.9. The molecule has 0 aromatic carbocycles. The van der Waals surface area contributed by atoms with Crippen LogP contribution in [0.4, 0.5) is 5.82 Å². The molecule has 1 aliphatic carbocycles. The van der Waals surface area contributed by atoms with Crippen molar-refractivity contribution in [3.05, 3.63) is 29.7 Å². The van der Waals surface area contributed by atoms with Crippen molar-refractivity contribution in [2.24, 2.45) is 5.73 Å². The maximum absolute atomic E-state index is 6.49. The Balaban J connectivity index is 1.36. The summed E-state index contributed by atoms with van der Waals surface area (Å²) in [5.74, 6) is 1.21. The van der Waals surface area contributed by atoms with Crippen LogP contribution in [0.1, 0.15) is 45.4 Å². The van der Waals surface area contributed by atoms with Crippen LogP contribution < -0.4 is 21.1 Å². The summed E-state index contributed by atoms with van der Waals surface area (Å²) >= 11 is 6.49. The molecule has 35 heavy (non-hydrogen) atoms. The van der Waals surface area contributed by atoms with Crippen molar-refractivity contribution in [1.82, 2.24) is 20.3 Å².